The lowest BCUT2D eigenvalue weighted by atomic mass is 10.0. The summed E-state index contributed by atoms with van der Waals surface area (Å²) in [4.78, 5) is 13.5. The van der Waals surface area contributed by atoms with Gasteiger partial charge in [0.15, 0.2) is 0 Å². The summed E-state index contributed by atoms with van der Waals surface area (Å²) in [7, 11) is 0. The van der Waals surface area contributed by atoms with E-state index in [9.17, 15) is 0 Å². The number of nitrogens with zero attached hydrogens (tertiary/aromatic N) is 4. The zero-order chi connectivity index (χ0) is 17.2. The molecule has 4 rings (SSSR count). The molecular formula is C20H18N4S. The molecular weight excluding hydrogens is 328 g/mol. The van der Waals surface area contributed by atoms with E-state index in [1.54, 1.807) is 11.3 Å². The predicted molar refractivity (Wildman–Crippen MR) is 102 cm³/mol. The first-order valence-corrected chi connectivity index (χ1v) is 9.06. The Morgan fingerprint density at radius 2 is 1.76 bits per heavy atom. The third-order valence-corrected chi connectivity index (χ3v) is 5.07. The third kappa shape index (κ3) is 2.98. The van der Waals surface area contributed by atoms with Crippen LogP contribution in [0.3, 0.4) is 0 Å². The van der Waals surface area contributed by atoms with Crippen LogP contribution in [0.4, 0.5) is 0 Å². The van der Waals surface area contributed by atoms with Crippen LogP contribution in [0.2, 0.25) is 0 Å². The highest BCUT2D eigenvalue weighted by Gasteiger charge is 2.20. The lowest BCUT2D eigenvalue weighted by Gasteiger charge is -2.16. The quantitative estimate of drug-likeness (QED) is 0.523. The molecule has 25 heavy (non-hydrogen) atoms. The SMILES string of the molecule is Cc1nc(C(C)n2cnc(-c3ccccc3)c2-c2ccncc2)cs1. The molecule has 1 aromatic carbocycles. The molecule has 0 spiro atoms. The van der Waals surface area contributed by atoms with Gasteiger partial charge >= 0.3 is 0 Å². The summed E-state index contributed by atoms with van der Waals surface area (Å²) < 4.78 is 2.20. The van der Waals surface area contributed by atoms with Crippen LogP contribution in [0.5, 0.6) is 0 Å². The number of hydrogen-bond donors (Lipinski definition) is 0. The van der Waals surface area contributed by atoms with Gasteiger partial charge in [-0.1, -0.05) is 30.3 Å². The molecule has 0 aliphatic carbocycles. The first-order valence-electron chi connectivity index (χ1n) is 8.18. The standard InChI is InChI=1S/C20H18N4S/c1-14(18-12-25-15(2)23-18)24-13-22-19(16-6-4-3-5-7-16)20(24)17-8-10-21-11-9-17/h3-14H,1-2H3. The van der Waals surface area contributed by atoms with E-state index in [1.165, 1.54) is 0 Å². The highest BCUT2D eigenvalue weighted by molar-refractivity contribution is 7.09. The van der Waals surface area contributed by atoms with E-state index in [0.29, 0.717) is 0 Å². The molecule has 4 nitrogen and oxygen atoms in total. The molecule has 0 aliphatic rings. The number of benzene rings is 1. The van der Waals surface area contributed by atoms with Crippen LogP contribution in [0.15, 0.2) is 66.6 Å². The fourth-order valence-corrected chi connectivity index (χ4v) is 3.67. The number of aryl methyl sites for hydroxylation is 1. The lowest BCUT2D eigenvalue weighted by Crippen LogP contribution is -2.08. The Morgan fingerprint density at radius 3 is 2.44 bits per heavy atom. The average Bonchev–Trinajstić information content (AvgIpc) is 3.29. The molecule has 3 aromatic heterocycles. The second kappa shape index (κ2) is 6.61. The van der Waals surface area contributed by atoms with Crippen LogP contribution in [0, 0.1) is 6.92 Å². The molecule has 0 fully saturated rings. The molecule has 4 aromatic rings. The monoisotopic (exact) mass is 346 g/mol. The summed E-state index contributed by atoms with van der Waals surface area (Å²) in [6.45, 7) is 4.20. The summed E-state index contributed by atoms with van der Waals surface area (Å²) >= 11 is 1.68. The Kier molecular flexibility index (Phi) is 4.15. The molecule has 5 heteroatoms. The zero-order valence-electron chi connectivity index (χ0n) is 14.1. The molecule has 1 unspecified atom stereocenters. The molecule has 0 amide bonds. The minimum absolute atomic E-state index is 0.109. The molecule has 124 valence electrons. The van der Waals surface area contributed by atoms with Gasteiger partial charge in [0.2, 0.25) is 0 Å². The Hall–Kier alpha value is -2.79. The molecule has 0 N–H and O–H groups in total. The zero-order valence-corrected chi connectivity index (χ0v) is 14.9. The minimum Gasteiger partial charge on any atom is -0.321 e. The van der Waals surface area contributed by atoms with Crippen LogP contribution in [0.1, 0.15) is 23.7 Å². The van der Waals surface area contributed by atoms with Crippen LogP contribution in [0.25, 0.3) is 22.5 Å². The van der Waals surface area contributed by atoms with Gasteiger partial charge in [-0.2, -0.15) is 0 Å². The van der Waals surface area contributed by atoms with Crippen molar-refractivity contribution in [3.05, 3.63) is 77.3 Å². The number of thiazole rings is 1. The van der Waals surface area contributed by atoms with E-state index < -0.39 is 0 Å². The van der Waals surface area contributed by atoms with E-state index in [2.05, 4.69) is 39.0 Å². The number of imidazole rings is 1. The van der Waals surface area contributed by atoms with E-state index >= 15 is 0 Å². The van der Waals surface area contributed by atoms with Crippen LogP contribution in [-0.2, 0) is 0 Å². The van der Waals surface area contributed by atoms with Crippen molar-refractivity contribution in [3.8, 4) is 22.5 Å². The maximum atomic E-state index is 4.73. The first-order chi connectivity index (χ1) is 12.2. The van der Waals surface area contributed by atoms with Gasteiger partial charge in [0, 0.05) is 28.9 Å². The normalized spacial score (nSPS) is 12.2. The molecule has 3 heterocycles. The second-order valence-corrected chi connectivity index (χ2v) is 6.98. The van der Waals surface area contributed by atoms with Gasteiger partial charge in [0.05, 0.1) is 34.5 Å². The number of aromatic nitrogens is 4. The van der Waals surface area contributed by atoms with Gasteiger partial charge in [-0.05, 0) is 26.0 Å². The number of pyridine rings is 1. The Labute approximate surface area is 150 Å². The summed E-state index contributed by atoms with van der Waals surface area (Å²) in [6.07, 6.45) is 5.55. The first kappa shape index (κ1) is 15.7. The summed E-state index contributed by atoms with van der Waals surface area (Å²) in [5.74, 6) is 0. The van der Waals surface area contributed by atoms with Crippen molar-refractivity contribution >= 4 is 11.3 Å². The van der Waals surface area contributed by atoms with Gasteiger partial charge in [0.25, 0.3) is 0 Å². The van der Waals surface area contributed by atoms with E-state index in [0.717, 1.165) is 33.2 Å². The molecule has 0 aliphatic heterocycles. The second-order valence-electron chi connectivity index (χ2n) is 5.92. The Morgan fingerprint density at radius 1 is 1.00 bits per heavy atom. The lowest BCUT2D eigenvalue weighted by molar-refractivity contribution is 0.628. The van der Waals surface area contributed by atoms with Crippen molar-refractivity contribution in [1.82, 2.24) is 19.5 Å². The van der Waals surface area contributed by atoms with Gasteiger partial charge in [-0.3, -0.25) is 4.98 Å². The molecule has 0 bridgehead atoms. The van der Waals surface area contributed by atoms with Crippen molar-refractivity contribution < 1.29 is 0 Å². The summed E-state index contributed by atoms with van der Waals surface area (Å²) in [5.41, 5.74) is 5.34. The third-order valence-electron chi connectivity index (χ3n) is 4.28. The smallest absolute Gasteiger partial charge is 0.0965 e. The van der Waals surface area contributed by atoms with Crippen LogP contribution >= 0.6 is 11.3 Å². The largest absolute Gasteiger partial charge is 0.321 e. The van der Waals surface area contributed by atoms with Gasteiger partial charge in [-0.25, -0.2) is 9.97 Å². The van der Waals surface area contributed by atoms with Crippen molar-refractivity contribution in [1.29, 1.82) is 0 Å². The fraction of sp³-hybridized carbons (Fsp3) is 0.150. The maximum absolute atomic E-state index is 4.73. The molecule has 0 radical (unpaired) electrons. The van der Waals surface area contributed by atoms with E-state index in [-0.39, 0.29) is 6.04 Å². The van der Waals surface area contributed by atoms with Crippen LogP contribution in [-0.4, -0.2) is 19.5 Å². The van der Waals surface area contributed by atoms with Gasteiger partial charge < -0.3 is 4.57 Å². The molecule has 0 saturated carbocycles. The van der Waals surface area contributed by atoms with Crippen molar-refractivity contribution in [2.45, 2.75) is 19.9 Å². The topological polar surface area (TPSA) is 43.6 Å². The van der Waals surface area contributed by atoms with E-state index in [4.69, 9.17) is 4.98 Å². The van der Waals surface area contributed by atoms with E-state index in [1.807, 2.05) is 56.0 Å². The fourth-order valence-electron chi connectivity index (χ4n) is 2.97. The Balaban J connectivity index is 1.89. The number of hydrogen-bond acceptors (Lipinski definition) is 4. The van der Waals surface area contributed by atoms with Crippen LogP contribution < -0.4 is 0 Å². The predicted octanol–water partition coefficient (Wildman–Crippen LogP) is 4.99. The van der Waals surface area contributed by atoms with Crippen molar-refractivity contribution in [2.24, 2.45) is 0 Å². The number of rotatable bonds is 4. The van der Waals surface area contributed by atoms with Gasteiger partial charge in [0.1, 0.15) is 0 Å². The average molecular weight is 346 g/mol. The highest BCUT2D eigenvalue weighted by atomic mass is 32.1. The van der Waals surface area contributed by atoms with Gasteiger partial charge in [-0.15, -0.1) is 11.3 Å². The molecule has 1 atom stereocenters. The molecule has 0 saturated heterocycles. The van der Waals surface area contributed by atoms with Crippen molar-refractivity contribution in [2.75, 3.05) is 0 Å². The maximum Gasteiger partial charge on any atom is 0.0965 e. The Bertz CT molecular complexity index is 973. The summed E-state index contributed by atoms with van der Waals surface area (Å²) in [5, 5.41) is 3.20. The van der Waals surface area contributed by atoms with Crippen molar-refractivity contribution in [3.63, 3.8) is 0 Å². The highest BCUT2D eigenvalue weighted by Crippen LogP contribution is 2.34. The minimum atomic E-state index is 0.109. The summed E-state index contributed by atoms with van der Waals surface area (Å²) in [6, 6.07) is 14.4.